The summed E-state index contributed by atoms with van der Waals surface area (Å²) in [6, 6.07) is 3.71. The van der Waals surface area contributed by atoms with E-state index in [-0.39, 0.29) is 24.6 Å². The van der Waals surface area contributed by atoms with Gasteiger partial charge in [0.2, 0.25) is 0 Å². The number of aliphatic hydroxyl groups excluding tert-OH is 1. The van der Waals surface area contributed by atoms with Gasteiger partial charge in [-0.05, 0) is 43.4 Å². The van der Waals surface area contributed by atoms with Crippen molar-refractivity contribution in [2.75, 3.05) is 19.7 Å². The molecule has 2 heterocycles. The van der Waals surface area contributed by atoms with Gasteiger partial charge in [-0.3, -0.25) is 4.98 Å². The number of carbonyl (C=O) groups is 1. The number of amides is 2. The standard InChI is InChI=1S/C14H21N3O2/c1-11(13-4-6-15-7-5-13)16-14(19)17-8-2-3-12(9-17)10-18/h4-7,11-12,18H,2-3,8-10H2,1H3,(H,16,19). The second-order valence-corrected chi connectivity index (χ2v) is 5.09. The van der Waals surface area contributed by atoms with Gasteiger partial charge < -0.3 is 15.3 Å². The largest absolute Gasteiger partial charge is 0.396 e. The Hall–Kier alpha value is -1.62. The van der Waals surface area contributed by atoms with E-state index in [0.717, 1.165) is 24.9 Å². The number of hydrogen-bond acceptors (Lipinski definition) is 3. The minimum Gasteiger partial charge on any atom is -0.396 e. The normalized spacial score (nSPS) is 20.9. The van der Waals surface area contributed by atoms with Gasteiger partial charge in [0, 0.05) is 32.1 Å². The first kappa shape index (κ1) is 13.8. The Morgan fingerprint density at radius 3 is 3.00 bits per heavy atom. The number of nitrogens with zero attached hydrogens (tertiary/aromatic N) is 2. The zero-order valence-electron chi connectivity index (χ0n) is 11.2. The highest BCUT2D eigenvalue weighted by atomic mass is 16.3. The molecule has 1 aliphatic heterocycles. The summed E-state index contributed by atoms with van der Waals surface area (Å²) in [6.07, 6.45) is 5.41. The van der Waals surface area contributed by atoms with Gasteiger partial charge in [0.15, 0.2) is 0 Å². The van der Waals surface area contributed by atoms with Crippen LogP contribution >= 0.6 is 0 Å². The van der Waals surface area contributed by atoms with Crippen LogP contribution in [0.1, 0.15) is 31.4 Å². The molecule has 0 bridgehead atoms. The van der Waals surface area contributed by atoms with Crippen molar-refractivity contribution in [3.05, 3.63) is 30.1 Å². The molecule has 104 valence electrons. The van der Waals surface area contributed by atoms with Crippen LogP contribution in [0.25, 0.3) is 0 Å². The molecule has 1 saturated heterocycles. The lowest BCUT2D eigenvalue weighted by atomic mass is 9.99. The second kappa shape index (κ2) is 6.52. The number of aromatic nitrogens is 1. The maximum Gasteiger partial charge on any atom is 0.317 e. The topological polar surface area (TPSA) is 65.5 Å². The average Bonchev–Trinajstić information content (AvgIpc) is 2.48. The summed E-state index contributed by atoms with van der Waals surface area (Å²) in [5, 5.41) is 12.2. The minimum absolute atomic E-state index is 0.0370. The Kier molecular flexibility index (Phi) is 4.74. The quantitative estimate of drug-likeness (QED) is 0.869. The van der Waals surface area contributed by atoms with E-state index < -0.39 is 0 Å². The first-order chi connectivity index (χ1) is 9.20. The van der Waals surface area contributed by atoms with Crippen molar-refractivity contribution in [3.8, 4) is 0 Å². The molecule has 2 unspecified atom stereocenters. The van der Waals surface area contributed by atoms with Gasteiger partial charge in [-0.2, -0.15) is 0 Å². The van der Waals surface area contributed by atoms with E-state index in [1.807, 2.05) is 19.1 Å². The molecular weight excluding hydrogens is 242 g/mol. The highest BCUT2D eigenvalue weighted by Gasteiger charge is 2.23. The molecule has 1 fully saturated rings. The van der Waals surface area contributed by atoms with Gasteiger partial charge in [-0.15, -0.1) is 0 Å². The maximum absolute atomic E-state index is 12.2. The second-order valence-electron chi connectivity index (χ2n) is 5.09. The summed E-state index contributed by atoms with van der Waals surface area (Å²) in [5.74, 6) is 0.218. The Morgan fingerprint density at radius 1 is 1.58 bits per heavy atom. The van der Waals surface area contributed by atoms with Gasteiger partial charge in [-0.1, -0.05) is 0 Å². The first-order valence-electron chi connectivity index (χ1n) is 6.77. The van der Waals surface area contributed by atoms with E-state index in [1.54, 1.807) is 17.3 Å². The van der Waals surface area contributed by atoms with Gasteiger partial charge in [-0.25, -0.2) is 4.79 Å². The number of hydrogen-bond donors (Lipinski definition) is 2. The van der Waals surface area contributed by atoms with Crippen LogP contribution in [0.15, 0.2) is 24.5 Å². The lowest BCUT2D eigenvalue weighted by molar-refractivity contribution is 0.128. The molecule has 0 aliphatic carbocycles. The third-order valence-corrected chi connectivity index (χ3v) is 3.61. The average molecular weight is 263 g/mol. The van der Waals surface area contributed by atoms with Crippen LogP contribution in [0.3, 0.4) is 0 Å². The molecule has 0 saturated carbocycles. The van der Waals surface area contributed by atoms with E-state index in [9.17, 15) is 9.90 Å². The Labute approximate surface area is 113 Å². The fourth-order valence-electron chi connectivity index (χ4n) is 2.41. The van der Waals surface area contributed by atoms with E-state index in [0.29, 0.717) is 6.54 Å². The number of aliphatic hydroxyl groups is 1. The van der Waals surface area contributed by atoms with Crippen LogP contribution in [0.4, 0.5) is 4.79 Å². The van der Waals surface area contributed by atoms with Crippen LogP contribution in [0.5, 0.6) is 0 Å². The van der Waals surface area contributed by atoms with Crippen molar-refractivity contribution in [1.29, 1.82) is 0 Å². The number of rotatable bonds is 3. The van der Waals surface area contributed by atoms with Crippen LogP contribution in [0, 0.1) is 5.92 Å². The van der Waals surface area contributed by atoms with Crippen LogP contribution in [-0.2, 0) is 0 Å². The smallest absolute Gasteiger partial charge is 0.317 e. The molecule has 2 N–H and O–H groups in total. The zero-order valence-corrected chi connectivity index (χ0v) is 11.2. The van der Waals surface area contributed by atoms with E-state index in [1.165, 1.54) is 0 Å². The van der Waals surface area contributed by atoms with Crippen LogP contribution in [0.2, 0.25) is 0 Å². The lowest BCUT2D eigenvalue weighted by Crippen LogP contribution is -2.46. The predicted molar refractivity (Wildman–Crippen MR) is 72.6 cm³/mol. The van der Waals surface area contributed by atoms with E-state index in [4.69, 9.17) is 0 Å². The molecule has 5 heteroatoms. The molecule has 5 nitrogen and oxygen atoms in total. The summed E-state index contributed by atoms with van der Waals surface area (Å²) >= 11 is 0. The molecule has 0 radical (unpaired) electrons. The molecule has 1 aliphatic rings. The van der Waals surface area contributed by atoms with Crippen molar-refractivity contribution < 1.29 is 9.90 Å². The Balaban J connectivity index is 1.90. The van der Waals surface area contributed by atoms with Gasteiger partial charge in [0.1, 0.15) is 0 Å². The van der Waals surface area contributed by atoms with Crippen molar-refractivity contribution in [1.82, 2.24) is 15.2 Å². The Bertz CT molecular complexity index is 410. The molecule has 2 atom stereocenters. The molecular formula is C14H21N3O2. The Morgan fingerprint density at radius 2 is 2.32 bits per heavy atom. The summed E-state index contributed by atoms with van der Waals surface area (Å²) in [6.45, 7) is 3.53. The number of likely N-dealkylation sites (tertiary alicyclic amines) is 1. The highest BCUT2D eigenvalue weighted by Crippen LogP contribution is 2.17. The number of nitrogens with one attached hydrogen (secondary N) is 1. The monoisotopic (exact) mass is 263 g/mol. The highest BCUT2D eigenvalue weighted by molar-refractivity contribution is 5.74. The number of piperidine rings is 1. The van der Waals surface area contributed by atoms with Crippen LogP contribution in [-0.4, -0.2) is 40.7 Å². The molecule has 0 spiro atoms. The SMILES string of the molecule is CC(NC(=O)N1CCCC(CO)C1)c1ccncc1. The third-order valence-electron chi connectivity index (χ3n) is 3.61. The minimum atomic E-state index is -0.0533. The zero-order chi connectivity index (χ0) is 13.7. The fourth-order valence-corrected chi connectivity index (χ4v) is 2.41. The lowest BCUT2D eigenvalue weighted by Gasteiger charge is -2.32. The molecule has 0 aromatic carbocycles. The van der Waals surface area contributed by atoms with E-state index >= 15 is 0 Å². The van der Waals surface area contributed by atoms with Crippen molar-refractivity contribution in [2.24, 2.45) is 5.92 Å². The van der Waals surface area contributed by atoms with Crippen molar-refractivity contribution >= 4 is 6.03 Å². The molecule has 1 aromatic rings. The van der Waals surface area contributed by atoms with E-state index in [2.05, 4.69) is 10.3 Å². The fraction of sp³-hybridized carbons (Fsp3) is 0.571. The summed E-state index contributed by atoms with van der Waals surface area (Å²) in [7, 11) is 0. The summed E-state index contributed by atoms with van der Waals surface area (Å²) in [5.41, 5.74) is 1.04. The van der Waals surface area contributed by atoms with Crippen LogP contribution < -0.4 is 5.32 Å². The third kappa shape index (κ3) is 3.67. The van der Waals surface area contributed by atoms with Gasteiger partial charge >= 0.3 is 6.03 Å². The molecule has 2 rings (SSSR count). The molecule has 19 heavy (non-hydrogen) atoms. The maximum atomic E-state index is 12.2. The predicted octanol–water partition coefficient (Wildman–Crippen LogP) is 1.56. The molecule has 2 amide bonds. The first-order valence-corrected chi connectivity index (χ1v) is 6.77. The van der Waals surface area contributed by atoms with Gasteiger partial charge in [0.05, 0.1) is 6.04 Å². The number of carbonyl (C=O) groups excluding carboxylic acids is 1. The summed E-state index contributed by atoms with van der Waals surface area (Å²) < 4.78 is 0. The number of pyridine rings is 1. The van der Waals surface area contributed by atoms with Gasteiger partial charge in [0.25, 0.3) is 0 Å². The van der Waals surface area contributed by atoms with Crippen molar-refractivity contribution in [3.63, 3.8) is 0 Å². The summed E-state index contributed by atoms with van der Waals surface area (Å²) in [4.78, 5) is 17.9. The van der Waals surface area contributed by atoms with Crippen molar-refractivity contribution in [2.45, 2.75) is 25.8 Å². The molecule has 1 aromatic heterocycles. The number of urea groups is 1.